The number of rotatable bonds is 9. The number of halogens is 3. The minimum absolute atomic E-state index is 0.0146. The fourth-order valence-electron chi connectivity index (χ4n) is 2.84. The molecule has 206 valence electrons. The van der Waals surface area contributed by atoms with Crippen LogP contribution >= 0.6 is 11.6 Å². The molecule has 0 spiro atoms. The number of esters is 1. The van der Waals surface area contributed by atoms with E-state index >= 15 is 0 Å². The molecule has 14 heteroatoms. The van der Waals surface area contributed by atoms with Crippen molar-refractivity contribution in [2.75, 3.05) is 0 Å². The van der Waals surface area contributed by atoms with Gasteiger partial charge in [0, 0.05) is 0 Å². The van der Waals surface area contributed by atoms with Gasteiger partial charge in [0.25, 0.3) is 0 Å². The van der Waals surface area contributed by atoms with Crippen molar-refractivity contribution in [3.63, 3.8) is 0 Å². The summed E-state index contributed by atoms with van der Waals surface area (Å²) in [5.41, 5.74) is -3.89. The maximum atomic E-state index is 13.1. The lowest BCUT2D eigenvalue weighted by Crippen LogP contribution is -2.49. The molecule has 0 aromatic heterocycles. The SMILES string of the molecule is CCC(Cl)C(=O)OC(C(F)(F)S(=O)(=O)[O-])S(=O)(=O)O.c1ccc([S+](c2ccccc2)c2ccccc2)cc1. The summed E-state index contributed by atoms with van der Waals surface area (Å²) in [5, 5.41) is -7.13. The zero-order valence-electron chi connectivity index (χ0n) is 19.7. The maximum Gasteiger partial charge on any atom is 0.387 e. The monoisotopic (exact) mass is 608 g/mol. The van der Waals surface area contributed by atoms with E-state index in [1.165, 1.54) is 21.6 Å². The number of alkyl halides is 3. The lowest BCUT2D eigenvalue weighted by molar-refractivity contribution is -0.153. The quantitative estimate of drug-likeness (QED) is 0.160. The highest BCUT2D eigenvalue weighted by Crippen LogP contribution is 2.32. The van der Waals surface area contributed by atoms with Crippen molar-refractivity contribution in [2.24, 2.45) is 0 Å². The topological polar surface area (TPSA) is 138 Å². The minimum atomic E-state index is -6.51. The Morgan fingerprint density at radius 1 is 0.895 bits per heavy atom. The Labute approximate surface area is 227 Å². The van der Waals surface area contributed by atoms with Gasteiger partial charge in [0.05, 0.1) is 10.9 Å². The van der Waals surface area contributed by atoms with E-state index in [4.69, 9.17) is 16.2 Å². The first-order valence-corrected chi connectivity index (χ1v) is 15.3. The van der Waals surface area contributed by atoms with E-state index in [9.17, 15) is 35.0 Å². The Balaban J connectivity index is 0.000000267. The summed E-state index contributed by atoms with van der Waals surface area (Å²) in [4.78, 5) is 15.1. The molecule has 0 aliphatic rings. The van der Waals surface area contributed by atoms with Crippen LogP contribution in [0.15, 0.2) is 106 Å². The second-order valence-corrected chi connectivity index (χ2v) is 12.9. The molecule has 3 aromatic carbocycles. The Hall–Kier alpha value is -2.55. The van der Waals surface area contributed by atoms with E-state index in [0.717, 1.165) is 0 Å². The van der Waals surface area contributed by atoms with Crippen LogP contribution in [-0.2, 0) is 40.7 Å². The summed E-state index contributed by atoms with van der Waals surface area (Å²) in [5.74, 6) is -1.73. The van der Waals surface area contributed by atoms with Crippen LogP contribution in [0.2, 0.25) is 0 Å². The normalized spacial score (nSPS) is 13.7. The van der Waals surface area contributed by atoms with E-state index in [0.29, 0.717) is 0 Å². The number of benzene rings is 3. The molecule has 0 bridgehead atoms. The van der Waals surface area contributed by atoms with Crippen molar-refractivity contribution in [2.45, 2.75) is 44.1 Å². The van der Waals surface area contributed by atoms with Gasteiger partial charge in [0.2, 0.25) is 0 Å². The molecule has 0 fully saturated rings. The van der Waals surface area contributed by atoms with E-state index in [-0.39, 0.29) is 17.3 Å². The lowest BCUT2D eigenvalue weighted by atomic mass is 10.3. The standard InChI is InChI=1S/C18H15S.C6H9ClF2O8S2/c1-4-10-16(11-5-1)19(17-12-6-2-7-13-17)18-14-8-3-9-15-18;1-2-3(7)4(10)17-5(18(11,12)13)6(8,9)19(14,15)16/h1-15H;3,5H,2H2,1H3,(H,11,12,13)(H,14,15,16)/q+1;/p-1. The first-order valence-electron chi connectivity index (χ1n) is 10.7. The second kappa shape index (κ2) is 13.5. The van der Waals surface area contributed by atoms with Crippen LogP contribution in [0.1, 0.15) is 13.3 Å². The molecule has 0 radical (unpaired) electrons. The van der Waals surface area contributed by atoms with Crippen LogP contribution in [0.25, 0.3) is 0 Å². The maximum absolute atomic E-state index is 13.1. The summed E-state index contributed by atoms with van der Waals surface area (Å²) in [6.07, 6.45) is -0.158. The molecule has 2 atom stereocenters. The van der Waals surface area contributed by atoms with Crippen LogP contribution < -0.4 is 0 Å². The summed E-state index contributed by atoms with van der Waals surface area (Å²) in [6.45, 7) is 1.31. The Bertz CT molecular complexity index is 1300. The van der Waals surface area contributed by atoms with Gasteiger partial charge in [-0.25, -0.2) is 8.42 Å². The third kappa shape index (κ3) is 8.48. The van der Waals surface area contributed by atoms with E-state index < -0.39 is 42.3 Å². The first-order chi connectivity index (χ1) is 17.7. The fraction of sp³-hybridized carbons (Fsp3) is 0.208. The average Bonchev–Trinajstić information content (AvgIpc) is 2.87. The molecule has 0 saturated heterocycles. The molecule has 8 nitrogen and oxygen atoms in total. The number of hydrogen-bond donors (Lipinski definition) is 1. The van der Waals surface area contributed by atoms with Gasteiger partial charge in [-0.3, -0.25) is 9.35 Å². The molecule has 0 saturated carbocycles. The van der Waals surface area contributed by atoms with Gasteiger partial charge < -0.3 is 9.29 Å². The number of ether oxygens (including phenoxy) is 1. The third-order valence-corrected chi connectivity index (χ3v) is 9.33. The molecular formula is C24H23ClF2O8S3. The molecule has 3 rings (SSSR count). The van der Waals surface area contributed by atoms with Gasteiger partial charge in [-0.1, -0.05) is 61.5 Å². The molecule has 2 unspecified atom stereocenters. The number of hydrogen-bond acceptors (Lipinski definition) is 7. The summed E-state index contributed by atoms with van der Waals surface area (Å²) in [6, 6.07) is 32.2. The zero-order chi connectivity index (χ0) is 28.6. The number of carbonyl (C=O) groups is 1. The Morgan fingerprint density at radius 2 is 1.24 bits per heavy atom. The zero-order valence-corrected chi connectivity index (χ0v) is 22.9. The van der Waals surface area contributed by atoms with Gasteiger partial charge in [0.1, 0.15) is 5.38 Å². The van der Waals surface area contributed by atoms with Gasteiger partial charge >= 0.3 is 26.8 Å². The Kier molecular flexibility index (Phi) is 11.2. The van der Waals surface area contributed by atoms with Crippen molar-refractivity contribution in [1.82, 2.24) is 0 Å². The molecule has 0 amide bonds. The highest BCUT2D eigenvalue weighted by atomic mass is 35.5. The van der Waals surface area contributed by atoms with Gasteiger partial charge in [-0.2, -0.15) is 17.2 Å². The van der Waals surface area contributed by atoms with Gasteiger partial charge in [-0.15, -0.1) is 11.6 Å². The smallest absolute Gasteiger partial charge is 0.387 e. The molecule has 1 N–H and O–H groups in total. The third-order valence-electron chi connectivity index (χ3n) is 4.65. The predicted molar refractivity (Wildman–Crippen MR) is 137 cm³/mol. The van der Waals surface area contributed by atoms with Gasteiger partial charge in [-0.05, 0) is 42.8 Å². The van der Waals surface area contributed by atoms with Crippen LogP contribution in [-0.4, -0.2) is 48.0 Å². The van der Waals surface area contributed by atoms with E-state index in [1.54, 1.807) is 0 Å². The van der Waals surface area contributed by atoms with E-state index in [2.05, 4.69) is 95.7 Å². The summed E-state index contributed by atoms with van der Waals surface area (Å²) in [7, 11) is -12.4. The second-order valence-electron chi connectivity index (χ2n) is 7.42. The van der Waals surface area contributed by atoms with Crippen LogP contribution in [0.3, 0.4) is 0 Å². The van der Waals surface area contributed by atoms with Crippen molar-refractivity contribution >= 4 is 48.7 Å². The largest absolute Gasteiger partial charge is 0.743 e. The number of carbonyl (C=O) groups excluding carboxylic acids is 1. The molecular weight excluding hydrogens is 586 g/mol. The molecule has 0 aliphatic carbocycles. The van der Waals surface area contributed by atoms with Crippen molar-refractivity contribution < 1.29 is 44.3 Å². The molecule has 38 heavy (non-hydrogen) atoms. The fourth-order valence-corrected chi connectivity index (χ4v) is 6.57. The predicted octanol–water partition coefficient (Wildman–Crippen LogP) is 4.68. The van der Waals surface area contributed by atoms with Crippen LogP contribution in [0.5, 0.6) is 0 Å². The molecule has 0 aliphatic heterocycles. The van der Waals surface area contributed by atoms with Crippen molar-refractivity contribution in [3.05, 3.63) is 91.0 Å². The summed E-state index contributed by atoms with van der Waals surface area (Å²) < 4.78 is 90.2. The summed E-state index contributed by atoms with van der Waals surface area (Å²) >= 11 is 5.25. The first kappa shape index (κ1) is 31.7. The van der Waals surface area contributed by atoms with Crippen LogP contribution in [0, 0.1) is 0 Å². The van der Waals surface area contributed by atoms with Gasteiger partial charge in [0.15, 0.2) is 24.8 Å². The lowest BCUT2D eigenvalue weighted by Gasteiger charge is -2.26. The highest BCUT2D eigenvalue weighted by Gasteiger charge is 2.56. The van der Waals surface area contributed by atoms with Crippen molar-refractivity contribution in [1.29, 1.82) is 0 Å². The minimum Gasteiger partial charge on any atom is -0.743 e. The van der Waals surface area contributed by atoms with Crippen LogP contribution in [0.4, 0.5) is 8.78 Å². The average molecular weight is 609 g/mol. The highest BCUT2D eigenvalue weighted by molar-refractivity contribution is 7.97. The Morgan fingerprint density at radius 3 is 1.50 bits per heavy atom. The van der Waals surface area contributed by atoms with Crippen molar-refractivity contribution in [3.8, 4) is 0 Å². The van der Waals surface area contributed by atoms with E-state index in [1.807, 2.05) is 0 Å². The molecule has 3 aromatic rings. The molecule has 0 heterocycles.